The Morgan fingerprint density at radius 1 is 1.38 bits per heavy atom. The molecule has 16 heavy (non-hydrogen) atoms. The van der Waals surface area contributed by atoms with Crippen LogP contribution >= 0.6 is 0 Å². The maximum atomic E-state index is 13.5. The number of nitrogens with two attached hydrogens (primary N) is 1. The monoisotopic (exact) mass is 225 g/mol. The fraction of sp³-hybridized carbons (Fsp3) is 0.500. The molecule has 4 heteroatoms. The van der Waals surface area contributed by atoms with Crippen molar-refractivity contribution in [1.29, 1.82) is 0 Å². The molecule has 0 unspecified atom stereocenters. The lowest BCUT2D eigenvalue weighted by atomic mass is 10.1. The second-order valence-corrected chi connectivity index (χ2v) is 3.94. The van der Waals surface area contributed by atoms with E-state index in [4.69, 9.17) is 15.2 Å². The molecule has 0 spiro atoms. The quantitative estimate of drug-likeness (QED) is 0.801. The third-order valence-corrected chi connectivity index (χ3v) is 2.75. The van der Waals surface area contributed by atoms with Crippen LogP contribution < -0.4 is 5.73 Å². The molecule has 0 radical (unpaired) electrons. The Balaban J connectivity index is 1.91. The zero-order chi connectivity index (χ0) is 11.4. The minimum atomic E-state index is -0.366. The smallest absolute Gasteiger partial charge is 0.151 e. The minimum Gasteiger partial charge on any atom is -0.396 e. The highest BCUT2D eigenvalue weighted by Crippen LogP contribution is 2.18. The molecule has 0 aliphatic carbocycles. The fourth-order valence-electron chi connectivity index (χ4n) is 1.76. The summed E-state index contributed by atoms with van der Waals surface area (Å²) in [6.45, 7) is 1.73. The van der Waals surface area contributed by atoms with Crippen LogP contribution in [0.2, 0.25) is 0 Å². The van der Waals surface area contributed by atoms with E-state index in [2.05, 4.69) is 0 Å². The number of halogens is 1. The summed E-state index contributed by atoms with van der Waals surface area (Å²) >= 11 is 0. The van der Waals surface area contributed by atoms with Crippen molar-refractivity contribution in [3.05, 3.63) is 29.6 Å². The van der Waals surface area contributed by atoms with E-state index in [-0.39, 0.29) is 24.2 Å². The van der Waals surface area contributed by atoms with Crippen LogP contribution in [-0.2, 0) is 16.1 Å². The summed E-state index contributed by atoms with van der Waals surface area (Å²) in [5, 5.41) is 0. The van der Waals surface area contributed by atoms with Gasteiger partial charge in [-0.2, -0.15) is 0 Å². The van der Waals surface area contributed by atoms with Crippen LogP contribution in [0.4, 0.5) is 10.1 Å². The van der Waals surface area contributed by atoms with E-state index in [1.165, 1.54) is 0 Å². The SMILES string of the molecule is Nc1cccc(COC2CCOCC2)c1F. The van der Waals surface area contributed by atoms with Crippen LogP contribution in [0.5, 0.6) is 0 Å². The van der Waals surface area contributed by atoms with Crippen molar-refractivity contribution in [2.45, 2.75) is 25.6 Å². The first-order chi connectivity index (χ1) is 7.77. The molecule has 1 saturated heterocycles. The first-order valence-corrected chi connectivity index (χ1v) is 5.49. The van der Waals surface area contributed by atoms with Crippen LogP contribution in [0.1, 0.15) is 18.4 Å². The van der Waals surface area contributed by atoms with Gasteiger partial charge in [0.15, 0.2) is 5.82 Å². The average molecular weight is 225 g/mol. The number of hydrogen-bond acceptors (Lipinski definition) is 3. The maximum absolute atomic E-state index is 13.5. The summed E-state index contributed by atoms with van der Waals surface area (Å²) in [5.41, 5.74) is 6.17. The number of benzene rings is 1. The minimum absolute atomic E-state index is 0.174. The molecule has 1 fully saturated rings. The van der Waals surface area contributed by atoms with Crippen molar-refractivity contribution in [2.75, 3.05) is 18.9 Å². The van der Waals surface area contributed by atoms with Gasteiger partial charge in [0.1, 0.15) is 0 Å². The van der Waals surface area contributed by atoms with E-state index in [1.54, 1.807) is 18.2 Å². The molecule has 0 aromatic heterocycles. The molecule has 0 amide bonds. The van der Waals surface area contributed by atoms with Crippen molar-refractivity contribution >= 4 is 5.69 Å². The molecule has 88 valence electrons. The highest BCUT2D eigenvalue weighted by Gasteiger charge is 2.15. The van der Waals surface area contributed by atoms with Crippen molar-refractivity contribution in [3.8, 4) is 0 Å². The summed E-state index contributed by atoms with van der Waals surface area (Å²) in [4.78, 5) is 0. The van der Waals surface area contributed by atoms with Crippen molar-refractivity contribution < 1.29 is 13.9 Å². The third-order valence-electron chi connectivity index (χ3n) is 2.75. The molecule has 2 rings (SSSR count). The molecule has 0 saturated carbocycles. The maximum Gasteiger partial charge on any atom is 0.151 e. The summed E-state index contributed by atoms with van der Waals surface area (Å²) < 4.78 is 24.4. The van der Waals surface area contributed by atoms with E-state index in [0.717, 1.165) is 26.1 Å². The molecule has 0 bridgehead atoms. The first-order valence-electron chi connectivity index (χ1n) is 5.49. The van der Waals surface area contributed by atoms with Crippen LogP contribution in [0, 0.1) is 5.82 Å². The zero-order valence-corrected chi connectivity index (χ0v) is 9.12. The van der Waals surface area contributed by atoms with E-state index in [0.29, 0.717) is 5.56 Å². The van der Waals surface area contributed by atoms with Crippen molar-refractivity contribution in [1.82, 2.24) is 0 Å². The molecular weight excluding hydrogens is 209 g/mol. The van der Waals surface area contributed by atoms with E-state index < -0.39 is 0 Å². The van der Waals surface area contributed by atoms with Gasteiger partial charge in [0.25, 0.3) is 0 Å². The number of anilines is 1. The summed E-state index contributed by atoms with van der Waals surface area (Å²) in [6, 6.07) is 4.99. The van der Waals surface area contributed by atoms with Gasteiger partial charge in [-0.25, -0.2) is 4.39 Å². The average Bonchev–Trinajstić information content (AvgIpc) is 2.32. The lowest BCUT2D eigenvalue weighted by molar-refractivity contribution is -0.0396. The Kier molecular flexibility index (Phi) is 3.74. The molecule has 3 nitrogen and oxygen atoms in total. The van der Waals surface area contributed by atoms with E-state index in [1.807, 2.05) is 0 Å². The van der Waals surface area contributed by atoms with Gasteiger partial charge in [0, 0.05) is 18.8 Å². The molecule has 1 aromatic carbocycles. The Hall–Kier alpha value is -1.13. The van der Waals surface area contributed by atoms with E-state index in [9.17, 15) is 4.39 Å². The van der Waals surface area contributed by atoms with Crippen LogP contribution in [0.3, 0.4) is 0 Å². The lowest BCUT2D eigenvalue weighted by Gasteiger charge is -2.22. The second kappa shape index (κ2) is 5.27. The van der Waals surface area contributed by atoms with E-state index >= 15 is 0 Å². The van der Waals surface area contributed by atoms with Crippen LogP contribution in [-0.4, -0.2) is 19.3 Å². The standard InChI is InChI=1S/C12H16FNO2/c13-12-9(2-1-3-11(12)14)8-16-10-4-6-15-7-5-10/h1-3,10H,4-8,14H2. The number of hydrogen-bond donors (Lipinski definition) is 1. The summed E-state index contributed by atoms with van der Waals surface area (Å²) in [5.74, 6) is -0.366. The van der Waals surface area contributed by atoms with Crippen molar-refractivity contribution in [2.24, 2.45) is 0 Å². The van der Waals surface area contributed by atoms with Gasteiger partial charge in [-0.05, 0) is 18.9 Å². The predicted molar refractivity (Wildman–Crippen MR) is 59.4 cm³/mol. The van der Waals surface area contributed by atoms with Gasteiger partial charge in [-0.15, -0.1) is 0 Å². The first kappa shape index (κ1) is 11.4. The summed E-state index contributed by atoms with van der Waals surface area (Å²) in [7, 11) is 0. The Labute approximate surface area is 94.3 Å². The highest BCUT2D eigenvalue weighted by atomic mass is 19.1. The molecule has 1 aromatic rings. The summed E-state index contributed by atoms with van der Waals surface area (Å²) in [6.07, 6.45) is 1.93. The predicted octanol–water partition coefficient (Wildman–Crippen LogP) is 2.10. The highest BCUT2D eigenvalue weighted by molar-refractivity contribution is 5.42. The molecule has 1 aliphatic heterocycles. The van der Waals surface area contributed by atoms with Gasteiger partial charge in [-0.3, -0.25) is 0 Å². The van der Waals surface area contributed by atoms with Crippen LogP contribution in [0.25, 0.3) is 0 Å². The largest absolute Gasteiger partial charge is 0.396 e. The van der Waals surface area contributed by atoms with Gasteiger partial charge in [-0.1, -0.05) is 12.1 Å². The second-order valence-electron chi connectivity index (χ2n) is 3.94. The third kappa shape index (κ3) is 2.71. The zero-order valence-electron chi connectivity index (χ0n) is 9.12. The normalized spacial score (nSPS) is 17.6. The van der Waals surface area contributed by atoms with Gasteiger partial charge in [0.05, 0.1) is 18.4 Å². The Bertz CT molecular complexity index is 351. The topological polar surface area (TPSA) is 44.5 Å². The number of rotatable bonds is 3. The van der Waals surface area contributed by atoms with Gasteiger partial charge in [0.2, 0.25) is 0 Å². The molecule has 0 atom stereocenters. The fourth-order valence-corrected chi connectivity index (χ4v) is 1.76. The lowest BCUT2D eigenvalue weighted by Crippen LogP contribution is -2.23. The molecule has 1 heterocycles. The Morgan fingerprint density at radius 2 is 2.12 bits per heavy atom. The van der Waals surface area contributed by atoms with Crippen molar-refractivity contribution in [3.63, 3.8) is 0 Å². The molecule has 1 aliphatic rings. The van der Waals surface area contributed by atoms with Gasteiger partial charge >= 0.3 is 0 Å². The Morgan fingerprint density at radius 3 is 2.88 bits per heavy atom. The number of nitrogen functional groups attached to an aromatic ring is 1. The molecular formula is C12H16FNO2. The number of ether oxygens (including phenoxy) is 2. The van der Waals surface area contributed by atoms with Gasteiger partial charge < -0.3 is 15.2 Å². The van der Waals surface area contributed by atoms with Crippen LogP contribution in [0.15, 0.2) is 18.2 Å². The molecule has 2 N–H and O–H groups in total.